The minimum absolute atomic E-state index is 0.125. The molecule has 0 aromatic heterocycles. The Bertz CT molecular complexity index is 921. The van der Waals surface area contributed by atoms with Crippen LogP contribution in [0.5, 0.6) is 11.5 Å². The van der Waals surface area contributed by atoms with E-state index < -0.39 is 0 Å². The van der Waals surface area contributed by atoms with E-state index in [0.717, 1.165) is 48.8 Å². The van der Waals surface area contributed by atoms with Gasteiger partial charge in [0.15, 0.2) is 17.3 Å². The molecule has 0 unspecified atom stereocenters. The molecule has 0 bridgehead atoms. The number of fused-ring (bicyclic) bond motifs is 3. The SMILES string of the molecule is COc1cc2c(cc1OC)C1=C(C(C)=O)CN(Cc3ccccc3)CN1CC2. The summed E-state index contributed by atoms with van der Waals surface area (Å²) in [6.07, 6.45) is 0.920. The lowest BCUT2D eigenvalue weighted by Crippen LogP contribution is -2.46. The molecule has 2 aliphatic heterocycles. The lowest BCUT2D eigenvalue weighted by molar-refractivity contribution is -0.114. The second-order valence-electron chi connectivity index (χ2n) is 7.38. The van der Waals surface area contributed by atoms with E-state index in [0.29, 0.717) is 12.3 Å². The lowest BCUT2D eigenvalue weighted by atomic mass is 9.90. The first-order valence-corrected chi connectivity index (χ1v) is 9.61. The number of rotatable bonds is 5. The molecule has 0 atom stereocenters. The first-order valence-electron chi connectivity index (χ1n) is 9.61. The summed E-state index contributed by atoms with van der Waals surface area (Å²) < 4.78 is 11.0. The first-order chi connectivity index (χ1) is 13.6. The highest BCUT2D eigenvalue weighted by Gasteiger charge is 2.32. The van der Waals surface area contributed by atoms with Crippen LogP contribution in [0.3, 0.4) is 0 Å². The van der Waals surface area contributed by atoms with Gasteiger partial charge in [-0.25, -0.2) is 0 Å². The highest BCUT2D eigenvalue weighted by Crippen LogP contribution is 2.40. The van der Waals surface area contributed by atoms with Gasteiger partial charge >= 0.3 is 0 Å². The molecule has 5 nitrogen and oxygen atoms in total. The summed E-state index contributed by atoms with van der Waals surface area (Å²) in [5, 5.41) is 0. The van der Waals surface area contributed by atoms with E-state index in [1.807, 2.05) is 18.2 Å². The van der Waals surface area contributed by atoms with Crippen LogP contribution in [-0.4, -0.2) is 49.6 Å². The van der Waals surface area contributed by atoms with Gasteiger partial charge in [0.2, 0.25) is 0 Å². The summed E-state index contributed by atoms with van der Waals surface area (Å²) in [4.78, 5) is 17.2. The molecule has 2 aromatic rings. The second kappa shape index (κ2) is 7.68. The summed E-state index contributed by atoms with van der Waals surface area (Å²) in [5.41, 5.74) is 5.49. The fraction of sp³-hybridized carbons (Fsp3) is 0.348. The molecule has 0 aliphatic carbocycles. The smallest absolute Gasteiger partial charge is 0.161 e. The highest BCUT2D eigenvalue weighted by atomic mass is 16.5. The van der Waals surface area contributed by atoms with Gasteiger partial charge in [-0.05, 0) is 36.6 Å². The van der Waals surface area contributed by atoms with E-state index in [1.165, 1.54) is 11.1 Å². The molecule has 0 radical (unpaired) electrons. The first kappa shape index (κ1) is 18.6. The number of hydrogen-bond donors (Lipinski definition) is 0. The van der Waals surface area contributed by atoms with Crippen LogP contribution in [0.1, 0.15) is 23.6 Å². The van der Waals surface area contributed by atoms with E-state index in [2.05, 4.69) is 34.1 Å². The zero-order chi connectivity index (χ0) is 19.7. The Hall–Kier alpha value is -2.79. The topological polar surface area (TPSA) is 42.0 Å². The fourth-order valence-electron chi connectivity index (χ4n) is 4.20. The van der Waals surface area contributed by atoms with E-state index in [-0.39, 0.29) is 5.78 Å². The predicted molar refractivity (Wildman–Crippen MR) is 109 cm³/mol. The third-order valence-corrected chi connectivity index (χ3v) is 5.54. The van der Waals surface area contributed by atoms with Crippen molar-refractivity contribution in [3.05, 3.63) is 64.7 Å². The standard InChI is InChI=1S/C23H26N2O3/c1-16(26)20-14-24(13-17-7-5-4-6-8-17)15-25-10-9-18-11-21(27-2)22(28-3)12-19(18)23(20)25/h4-8,11-12H,9-10,13-15H2,1-3H3. The van der Waals surface area contributed by atoms with Crippen LogP contribution in [0.15, 0.2) is 48.0 Å². The predicted octanol–water partition coefficient (Wildman–Crippen LogP) is 3.34. The van der Waals surface area contributed by atoms with Crippen LogP contribution in [0, 0.1) is 0 Å². The summed E-state index contributed by atoms with van der Waals surface area (Å²) in [5.74, 6) is 1.56. The zero-order valence-electron chi connectivity index (χ0n) is 16.7. The van der Waals surface area contributed by atoms with Crippen molar-refractivity contribution in [3.63, 3.8) is 0 Å². The molecule has 0 N–H and O–H groups in total. The number of ether oxygens (including phenoxy) is 2. The van der Waals surface area contributed by atoms with Crippen molar-refractivity contribution < 1.29 is 14.3 Å². The molecule has 0 saturated heterocycles. The molecular weight excluding hydrogens is 352 g/mol. The highest BCUT2D eigenvalue weighted by molar-refractivity contribution is 6.02. The molecule has 2 aromatic carbocycles. The number of carbonyl (C=O) groups excluding carboxylic acids is 1. The van der Waals surface area contributed by atoms with Gasteiger partial charge in [0, 0.05) is 30.8 Å². The van der Waals surface area contributed by atoms with Crippen molar-refractivity contribution in [1.29, 1.82) is 0 Å². The Morgan fingerprint density at radius 2 is 1.79 bits per heavy atom. The lowest BCUT2D eigenvalue weighted by Gasteiger charge is -2.43. The molecule has 0 spiro atoms. The molecule has 5 heteroatoms. The van der Waals surface area contributed by atoms with Crippen molar-refractivity contribution in [3.8, 4) is 11.5 Å². The molecule has 0 amide bonds. The molecule has 4 rings (SSSR count). The van der Waals surface area contributed by atoms with Gasteiger partial charge < -0.3 is 14.4 Å². The Labute approximate surface area is 166 Å². The number of ketones is 1. The van der Waals surface area contributed by atoms with E-state index >= 15 is 0 Å². The Morgan fingerprint density at radius 3 is 2.46 bits per heavy atom. The average molecular weight is 378 g/mol. The minimum atomic E-state index is 0.125. The van der Waals surface area contributed by atoms with Gasteiger partial charge in [-0.15, -0.1) is 0 Å². The summed E-state index contributed by atoms with van der Waals surface area (Å²) in [6.45, 7) is 4.86. The van der Waals surface area contributed by atoms with Gasteiger partial charge in [-0.1, -0.05) is 30.3 Å². The Balaban J connectivity index is 1.74. The van der Waals surface area contributed by atoms with Crippen molar-refractivity contribution in [2.24, 2.45) is 0 Å². The molecular formula is C23H26N2O3. The average Bonchev–Trinajstić information content (AvgIpc) is 2.72. The maximum atomic E-state index is 12.6. The number of methoxy groups -OCH3 is 2. The van der Waals surface area contributed by atoms with E-state index in [9.17, 15) is 4.79 Å². The zero-order valence-corrected chi connectivity index (χ0v) is 16.7. The van der Waals surface area contributed by atoms with Crippen LogP contribution in [-0.2, 0) is 17.8 Å². The Kier molecular flexibility index (Phi) is 5.09. The van der Waals surface area contributed by atoms with Gasteiger partial charge in [0.05, 0.1) is 26.6 Å². The largest absolute Gasteiger partial charge is 0.493 e. The van der Waals surface area contributed by atoms with Crippen LogP contribution >= 0.6 is 0 Å². The molecule has 28 heavy (non-hydrogen) atoms. The molecule has 2 aliphatic rings. The van der Waals surface area contributed by atoms with Crippen molar-refractivity contribution in [1.82, 2.24) is 9.80 Å². The van der Waals surface area contributed by atoms with E-state index in [4.69, 9.17) is 9.47 Å². The second-order valence-corrected chi connectivity index (χ2v) is 7.38. The quantitative estimate of drug-likeness (QED) is 0.798. The van der Waals surface area contributed by atoms with Crippen LogP contribution in [0.25, 0.3) is 5.70 Å². The Morgan fingerprint density at radius 1 is 1.07 bits per heavy atom. The fourth-order valence-corrected chi connectivity index (χ4v) is 4.20. The monoisotopic (exact) mass is 378 g/mol. The maximum absolute atomic E-state index is 12.6. The van der Waals surface area contributed by atoms with Crippen molar-refractivity contribution >= 4 is 11.5 Å². The number of nitrogens with zero attached hydrogens (tertiary/aromatic N) is 2. The summed E-state index contributed by atoms with van der Waals surface area (Å²) in [6, 6.07) is 14.5. The summed E-state index contributed by atoms with van der Waals surface area (Å²) in [7, 11) is 3.30. The molecule has 146 valence electrons. The van der Waals surface area contributed by atoms with Gasteiger partial charge in [-0.3, -0.25) is 9.69 Å². The number of hydrogen-bond acceptors (Lipinski definition) is 5. The van der Waals surface area contributed by atoms with Crippen LogP contribution < -0.4 is 9.47 Å². The molecule has 0 fully saturated rings. The van der Waals surface area contributed by atoms with Gasteiger partial charge in [-0.2, -0.15) is 0 Å². The van der Waals surface area contributed by atoms with Crippen molar-refractivity contribution in [2.75, 3.05) is 34.0 Å². The number of benzene rings is 2. The van der Waals surface area contributed by atoms with Gasteiger partial charge in [0.25, 0.3) is 0 Å². The van der Waals surface area contributed by atoms with Crippen LogP contribution in [0.2, 0.25) is 0 Å². The van der Waals surface area contributed by atoms with Gasteiger partial charge in [0.1, 0.15) is 0 Å². The number of carbonyl (C=O) groups is 1. The third kappa shape index (κ3) is 3.38. The molecule has 2 heterocycles. The van der Waals surface area contributed by atoms with Crippen molar-refractivity contribution in [2.45, 2.75) is 19.9 Å². The maximum Gasteiger partial charge on any atom is 0.161 e. The minimum Gasteiger partial charge on any atom is -0.493 e. The van der Waals surface area contributed by atoms with E-state index in [1.54, 1.807) is 21.1 Å². The van der Waals surface area contributed by atoms with Crippen LogP contribution in [0.4, 0.5) is 0 Å². The normalized spacial score (nSPS) is 16.5. The molecule has 0 saturated carbocycles. The third-order valence-electron chi connectivity index (χ3n) is 5.54. The summed E-state index contributed by atoms with van der Waals surface area (Å²) >= 11 is 0. The number of Topliss-reactive ketones (excluding diaryl/α,β-unsaturated/α-hetero) is 1.